The molecular formula is C15H21NO3. The molecule has 1 fully saturated rings. The first kappa shape index (κ1) is 14.0. The van der Waals surface area contributed by atoms with Crippen molar-refractivity contribution < 1.29 is 14.6 Å². The summed E-state index contributed by atoms with van der Waals surface area (Å²) in [6.07, 6.45) is 2.42. The number of ether oxygens (including phenoxy) is 1. The zero-order chi connectivity index (χ0) is 13.5. The zero-order valence-electron chi connectivity index (χ0n) is 11.1. The highest BCUT2D eigenvalue weighted by Crippen LogP contribution is 2.16. The Morgan fingerprint density at radius 3 is 2.89 bits per heavy atom. The molecule has 1 heterocycles. The van der Waals surface area contributed by atoms with Gasteiger partial charge >= 0.3 is 5.97 Å². The summed E-state index contributed by atoms with van der Waals surface area (Å²) in [4.78, 5) is 12.8. The number of carboxylic acid groups (broad SMARTS) is 1. The Kier molecular flexibility index (Phi) is 5.36. The van der Waals surface area contributed by atoms with E-state index in [4.69, 9.17) is 9.84 Å². The lowest BCUT2D eigenvalue weighted by molar-refractivity contribution is -0.139. The highest BCUT2D eigenvalue weighted by Gasteiger charge is 2.20. The third kappa shape index (κ3) is 5.01. The number of aliphatic carboxylic acids is 1. The van der Waals surface area contributed by atoms with Crippen molar-refractivity contribution in [2.45, 2.75) is 31.9 Å². The third-order valence-electron chi connectivity index (χ3n) is 3.38. The molecule has 1 aliphatic heterocycles. The lowest BCUT2D eigenvalue weighted by Gasteiger charge is -2.32. The molecule has 0 radical (unpaired) electrons. The second-order valence-corrected chi connectivity index (χ2v) is 5.00. The Morgan fingerprint density at radius 2 is 2.16 bits per heavy atom. The molecule has 0 spiro atoms. The molecule has 1 aliphatic rings. The van der Waals surface area contributed by atoms with Gasteiger partial charge in [-0.1, -0.05) is 30.3 Å². The Morgan fingerprint density at radius 1 is 1.37 bits per heavy atom. The van der Waals surface area contributed by atoms with Gasteiger partial charge < -0.3 is 9.84 Å². The van der Waals surface area contributed by atoms with Gasteiger partial charge in [0.1, 0.15) is 0 Å². The van der Waals surface area contributed by atoms with Gasteiger partial charge in [-0.3, -0.25) is 9.69 Å². The van der Waals surface area contributed by atoms with E-state index >= 15 is 0 Å². The zero-order valence-corrected chi connectivity index (χ0v) is 11.1. The maximum atomic E-state index is 10.5. The van der Waals surface area contributed by atoms with Crippen molar-refractivity contribution >= 4 is 5.97 Å². The van der Waals surface area contributed by atoms with Crippen LogP contribution in [0.2, 0.25) is 0 Å². The summed E-state index contributed by atoms with van der Waals surface area (Å²) in [5.41, 5.74) is 1.31. The van der Waals surface area contributed by atoms with E-state index in [-0.39, 0.29) is 12.5 Å². The minimum absolute atomic E-state index is 0.0924. The summed E-state index contributed by atoms with van der Waals surface area (Å²) in [6, 6.07) is 10.4. The van der Waals surface area contributed by atoms with Crippen molar-refractivity contribution in [1.82, 2.24) is 4.90 Å². The molecule has 0 saturated carbocycles. The van der Waals surface area contributed by atoms with E-state index in [1.807, 2.05) is 6.07 Å². The first-order chi connectivity index (χ1) is 9.24. The number of carbonyl (C=O) groups is 1. The predicted molar refractivity (Wildman–Crippen MR) is 72.9 cm³/mol. The fraction of sp³-hybridized carbons (Fsp3) is 0.533. The smallest absolute Gasteiger partial charge is 0.305 e. The van der Waals surface area contributed by atoms with Crippen molar-refractivity contribution in [3.05, 3.63) is 35.9 Å². The molecule has 1 atom stereocenters. The molecule has 1 unspecified atom stereocenters. The summed E-state index contributed by atoms with van der Waals surface area (Å²) in [5.74, 6) is -0.794. The molecule has 0 bridgehead atoms. The molecular weight excluding hydrogens is 242 g/mol. The van der Waals surface area contributed by atoms with Gasteiger partial charge in [-0.15, -0.1) is 0 Å². The van der Waals surface area contributed by atoms with Crippen LogP contribution >= 0.6 is 0 Å². The van der Waals surface area contributed by atoms with Gasteiger partial charge in [0.2, 0.25) is 0 Å². The summed E-state index contributed by atoms with van der Waals surface area (Å²) >= 11 is 0. The monoisotopic (exact) mass is 263 g/mol. The van der Waals surface area contributed by atoms with Crippen LogP contribution in [-0.2, 0) is 16.1 Å². The van der Waals surface area contributed by atoms with E-state index in [1.54, 1.807) is 0 Å². The molecule has 1 aromatic carbocycles. The Labute approximate surface area is 114 Å². The molecule has 1 aromatic rings. The van der Waals surface area contributed by atoms with Crippen LogP contribution in [0.3, 0.4) is 0 Å². The van der Waals surface area contributed by atoms with Crippen LogP contribution in [0, 0.1) is 0 Å². The molecule has 1 saturated heterocycles. The van der Waals surface area contributed by atoms with Crippen LogP contribution in [0.25, 0.3) is 0 Å². The molecule has 0 aliphatic carbocycles. The minimum atomic E-state index is -0.794. The quantitative estimate of drug-likeness (QED) is 0.854. The van der Waals surface area contributed by atoms with Crippen LogP contribution in [0.5, 0.6) is 0 Å². The largest absolute Gasteiger partial charge is 0.481 e. The lowest BCUT2D eigenvalue weighted by Crippen LogP contribution is -2.39. The third-order valence-corrected chi connectivity index (χ3v) is 3.38. The molecule has 104 valence electrons. The predicted octanol–water partition coefficient (Wildman–Crippen LogP) is 2.14. The number of carboxylic acids is 1. The molecule has 0 amide bonds. The maximum Gasteiger partial charge on any atom is 0.305 e. The highest BCUT2D eigenvalue weighted by molar-refractivity contribution is 5.66. The number of benzene rings is 1. The Bertz CT molecular complexity index is 394. The molecule has 4 nitrogen and oxygen atoms in total. The molecule has 1 N–H and O–H groups in total. The van der Waals surface area contributed by atoms with E-state index in [1.165, 1.54) is 5.56 Å². The molecule has 0 aromatic heterocycles. The van der Waals surface area contributed by atoms with E-state index < -0.39 is 5.97 Å². The van der Waals surface area contributed by atoms with Crippen LogP contribution < -0.4 is 0 Å². The topological polar surface area (TPSA) is 49.8 Å². The Hall–Kier alpha value is -1.39. The molecule has 4 heteroatoms. The second-order valence-electron chi connectivity index (χ2n) is 5.00. The highest BCUT2D eigenvalue weighted by atomic mass is 16.5. The standard InChI is InChI=1S/C15H21NO3/c17-15(18)8-10-19-14-7-4-9-16(12-14)11-13-5-2-1-3-6-13/h1-3,5-6,14H,4,7-12H2,(H,17,18). The van der Waals surface area contributed by atoms with Gasteiger partial charge in [0.25, 0.3) is 0 Å². The van der Waals surface area contributed by atoms with Gasteiger partial charge in [0, 0.05) is 13.1 Å². The summed E-state index contributed by atoms with van der Waals surface area (Å²) in [6.45, 7) is 3.25. The van der Waals surface area contributed by atoms with Crippen LogP contribution in [0.4, 0.5) is 0 Å². The Balaban J connectivity index is 1.75. The van der Waals surface area contributed by atoms with Crippen LogP contribution in [0.15, 0.2) is 30.3 Å². The molecule has 19 heavy (non-hydrogen) atoms. The number of nitrogens with zero attached hydrogens (tertiary/aromatic N) is 1. The summed E-state index contributed by atoms with van der Waals surface area (Å²) < 4.78 is 5.64. The van der Waals surface area contributed by atoms with E-state index in [2.05, 4.69) is 29.2 Å². The summed E-state index contributed by atoms with van der Waals surface area (Å²) in [7, 11) is 0. The van der Waals surface area contributed by atoms with E-state index in [0.717, 1.165) is 32.5 Å². The van der Waals surface area contributed by atoms with Gasteiger partial charge in [0.15, 0.2) is 0 Å². The van der Waals surface area contributed by atoms with Crippen LogP contribution in [0.1, 0.15) is 24.8 Å². The number of hydrogen-bond acceptors (Lipinski definition) is 3. The van der Waals surface area contributed by atoms with Gasteiger partial charge in [-0.05, 0) is 24.9 Å². The van der Waals surface area contributed by atoms with Crippen LogP contribution in [-0.4, -0.2) is 41.8 Å². The number of hydrogen-bond donors (Lipinski definition) is 1. The SMILES string of the molecule is O=C(O)CCOC1CCCN(Cc2ccccc2)C1. The average molecular weight is 263 g/mol. The molecule has 2 rings (SSSR count). The fourth-order valence-electron chi connectivity index (χ4n) is 2.45. The van der Waals surface area contributed by atoms with Crippen molar-refractivity contribution in [2.75, 3.05) is 19.7 Å². The van der Waals surface area contributed by atoms with Crippen molar-refractivity contribution in [3.8, 4) is 0 Å². The van der Waals surface area contributed by atoms with E-state index in [9.17, 15) is 4.79 Å². The first-order valence-electron chi connectivity index (χ1n) is 6.84. The minimum Gasteiger partial charge on any atom is -0.481 e. The number of piperidine rings is 1. The second kappa shape index (κ2) is 7.26. The van der Waals surface area contributed by atoms with Gasteiger partial charge in [-0.2, -0.15) is 0 Å². The van der Waals surface area contributed by atoms with Crippen molar-refractivity contribution in [3.63, 3.8) is 0 Å². The normalized spacial score (nSPS) is 20.3. The lowest BCUT2D eigenvalue weighted by atomic mass is 10.1. The van der Waals surface area contributed by atoms with E-state index in [0.29, 0.717) is 6.61 Å². The van der Waals surface area contributed by atoms with Crippen molar-refractivity contribution in [1.29, 1.82) is 0 Å². The van der Waals surface area contributed by atoms with Gasteiger partial charge in [0.05, 0.1) is 19.1 Å². The first-order valence-corrected chi connectivity index (χ1v) is 6.84. The number of rotatable bonds is 6. The maximum absolute atomic E-state index is 10.5. The van der Waals surface area contributed by atoms with Crippen molar-refractivity contribution in [2.24, 2.45) is 0 Å². The fourth-order valence-corrected chi connectivity index (χ4v) is 2.45. The number of likely N-dealkylation sites (tertiary alicyclic amines) is 1. The van der Waals surface area contributed by atoms with Gasteiger partial charge in [-0.25, -0.2) is 0 Å². The average Bonchev–Trinajstić information content (AvgIpc) is 2.40. The summed E-state index contributed by atoms with van der Waals surface area (Å²) in [5, 5.41) is 8.60.